The van der Waals surface area contributed by atoms with Crippen molar-refractivity contribution in [3.63, 3.8) is 0 Å². The van der Waals surface area contributed by atoms with Crippen molar-refractivity contribution >= 4 is 5.91 Å². The summed E-state index contributed by atoms with van der Waals surface area (Å²) in [5.74, 6) is 0.197. The van der Waals surface area contributed by atoms with Gasteiger partial charge in [0.25, 0.3) is 0 Å². The van der Waals surface area contributed by atoms with Gasteiger partial charge in [-0.2, -0.15) is 0 Å². The van der Waals surface area contributed by atoms with Gasteiger partial charge in [-0.05, 0) is 12.5 Å². The van der Waals surface area contributed by atoms with Crippen LogP contribution >= 0.6 is 0 Å². The van der Waals surface area contributed by atoms with Crippen molar-refractivity contribution in [2.45, 2.75) is 27.3 Å². The van der Waals surface area contributed by atoms with Gasteiger partial charge in [-0.15, -0.1) is 0 Å². The van der Waals surface area contributed by atoms with E-state index in [1.807, 2.05) is 24.8 Å². The van der Waals surface area contributed by atoms with Crippen LogP contribution < -0.4 is 5.32 Å². The Morgan fingerprint density at radius 1 is 1.35 bits per heavy atom. The zero-order valence-electron chi connectivity index (χ0n) is 11.0. The molecule has 1 amide bonds. The van der Waals surface area contributed by atoms with E-state index in [-0.39, 0.29) is 5.91 Å². The predicted octanol–water partition coefficient (Wildman–Crippen LogP) is 1.95. The van der Waals surface area contributed by atoms with Gasteiger partial charge >= 0.3 is 0 Å². The fraction of sp³-hybridized carbons (Fsp3) is 0.500. The molecule has 0 aromatic heterocycles. The highest BCUT2D eigenvalue weighted by Gasteiger charge is 2.17. The molecule has 1 heterocycles. The number of rotatable bonds is 2. The molecule has 0 bridgehead atoms. The second-order valence-corrected chi connectivity index (χ2v) is 3.98. The van der Waals surface area contributed by atoms with Gasteiger partial charge < -0.3 is 10.2 Å². The standard InChI is InChI=1S/C12H16N2O.C2H6/c1-10-3-2-4-11(7-10)9-14-6-5-13-8-12(14)15;1-2/h2-4,7,13H,5-6,8-9H2,1H3;1-2H3. The Hall–Kier alpha value is -1.35. The molecule has 0 radical (unpaired) electrons. The highest BCUT2D eigenvalue weighted by atomic mass is 16.2. The molecular weight excluding hydrogens is 212 g/mol. The molecule has 0 atom stereocenters. The minimum absolute atomic E-state index is 0.197. The average molecular weight is 234 g/mol. The lowest BCUT2D eigenvalue weighted by Gasteiger charge is -2.27. The van der Waals surface area contributed by atoms with Crippen LogP contribution in [0.5, 0.6) is 0 Å². The molecule has 3 nitrogen and oxygen atoms in total. The number of piperazine rings is 1. The predicted molar refractivity (Wildman–Crippen MR) is 70.8 cm³/mol. The van der Waals surface area contributed by atoms with Crippen LogP contribution in [0.4, 0.5) is 0 Å². The van der Waals surface area contributed by atoms with Crippen LogP contribution in [-0.4, -0.2) is 30.4 Å². The molecule has 1 fully saturated rings. The summed E-state index contributed by atoms with van der Waals surface area (Å²) < 4.78 is 0. The van der Waals surface area contributed by atoms with E-state index in [0.29, 0.717) is 6.54 Å². The number of hydrogen-bond donors (Lipinski definition) is 1. The topological polar surface area (TPSA) is 32.3 Å². The zero-order valence-corrected chi connectivity index (χ0v) is 11.0. The van der Waals surface area contributed by atoms with Crippen molar-refractivity contribution in [3.8, 4) is 0 Å². The quantitative estimate of drug-likeness (QED) is 0.848. The van der Waals surface area contributed by atoms with Crippen LogP contribution in [0.1, 0.15) is 25.0 Å². The minimum Gasteiger partial charge on any atom is -0.336 e. The monoisotopic (exact) mass is 234 g/mol. The number of amides is 1. The first-order valence-electron chi connectivity index (χ1n) is 6.30. The Morgan fingerprint density at radius 2 is 2.12 bits per heavy atom. The van der Waals surface area contributed by atoms with Crippen molar-refractivity contribution in [3.05, 3.63) is 35.4 Å². The van der Waals surface area contributed by atoms with Gasteiger partial charge in [0, 0.05) is 19.6 Å². The minimum atomic E-state index is 0.197. The third kappa shape index (κ3) is 4.19. The number of carbonyl (C=O) groups is 1. The van der Waals surface area contributed by atoms with Crippen molar-refractivity contribution in [2.24, 2.45) is 0 Å². The second-order valence-electron chi connectivity index (χ2n) is 3.98. The molecule has 3 heteroatoms. The lowest BCUT2D eigenvalue weighted by Crippen LogP contribution is -2.47. The molecule has 94 valence electrons. The third-order valence-electron chi connectivity index (χ3n) is 2.64. The summed E-state index contributed by atoms with van der Waals surface area (Å²) in [5, 5.41) is 3.07. The van der Waals surface area contributed by atoms with Gasteiger partial charge in [0.15, 0.2) is 0 Å². The highest BCUT2D eigenvalue weighted by molar-refractivity contribution is 5.78. The van der Waals surface area contributed by atoms with E-state index in [2.05, 4.69) is 30.4 Å². The van der Waals surface area contributed by atoms with Gasteiger partial charge in [-0.1, -0.05) is 43.7 Å². The molecule has 1 saturated heterocycles. The van der Waals surface area contributed by atoms with E-state index in [4.69, 9.17) is 0 Å². The maximum atomic E-state index is 11.5. The van der Waals surface area contributed by atoms with Crippen LogP contribution in [0.25, 0.3) is 0 Å². The summed E-state index contributed by atoms with van der Waals surface area (Å²) in [6.45, 7) is 9.00. The lowest BCUT2D eigenvalue weighted by atomic mass is 10.1. The Morgan fingerprint density at radius 3 is 2.76 bits per heavy atom. The van der Waals surface area contributed by atoms with E-state index in [9.17, 15) is 4.79 Å². The van der Waals surface area contributed by atoms with Gasteiger partial charge in [0.05, 0.1) is 6.54 Å². The second kappa shape index (κ2) is 7.07. The molecule has 0 spiro atoms. The lowest BCUT2D eigenvalue weighted by molar-refractivity contribution is -0.132. The van der Waals surface area contributed by atoms with Crippen molar-refractivity contribution in [1.82, 2.24) is 10.2 Å². The Kier molecular flexibility index (Phi) is 5.70. The van der Waals surface area contributed by atoms with E-state index in [0.717, 1.165) is 19.6 Å². The first-order chi connectivity index (χ1) is 8.25. The smallest absolute Gasteiger partial charge is 0.236 e. The first kappa shape index (κ1) is 13.7. The fourth-order valence-corrected chi connectivity index (χ4v) is 1.84. The van der Waals surface area contributed by atoms with Crippen LogP contribution in [0.15, 0.2) is 24.3 Å². The number of benzene rings is 1. The molecular formula is C14H22N2O. The third-order valence-corrected chi connectivity index (χ3v) is 2.64. The molecule has 1 aromatic rings. The molecule has 0 aliphatic carbocycles. The van der Waals surface area contributed by atoms with Gasteiger partial charge in [0.1, 0.15) is 0 Å². The maximum absolute atomic E-state index is 11.5. The fourth-order valence-electron chi connectivity index (χ4n) is 1.84. The number of hydrogen-bond acceptors (Lipinski definition) is 2. The first-order valence-corrected chi connectivity index (χ1v) is 6.30. The summed E-state index contributed by atoms with van der Waals surface area (Å²) in [6, 6.07) is 8.32. The summed E-state index contributed by atoms with van der Waals surface area (Å²) in [6.07, 6.45) is 0. The number of nitrogens with one attached hydrogen (secondary N) is 1. The molecule has 17 heavy (non-hydrogen) atoms. The number of aryl methyl sites for hydroxylation is 1. The van der Waals surface area contributed by atoms with E-state index in [1.54, 1.807) is 0 Å². The van der Waals surface area contributed by atoms with E-state index < -0.39 is 0 Å². The largest absolute Gasteiger partial charge is 0.336 e. The van der Waals surface area contributed by atoms with Gasteiger partial charge in [0.2, 0.25) is 5.91 Å². The zero-order chi connectivity index (χ0) is 12.7. The van der Waals surface area contributed by atoms with E-state index >= 15 is 0 Å². The van der Waals surface area contributed by atoms with Crippen LogP contribution in [0.3, 0.4) is 0 Å². The van der Waals surface area contributed by atoms with Gasteiger partial charge in [-0.3, -0.25) is 4.79 Å². The van der Waals surface area contributed by atoms with Gasteiger partial charge in [-0.25, -0.2) is 0 Å². The molecule has 1 aromatic carbocycles. The van der Waals surface area contributed by atoms with E-state index in [1.165, 1.54) is 11.1 Å². The van der Waals surface area contributed by atoms with Crippen LogP contribution in [-0.2, 0) is 11.3 Å². The van der Waals surface area contributed by atoms with Crippen molar-refractivity contribution < 1.29 is 4.79 Å². The molecule has 1 aliphatic rings. The highest BCUT2D eigenvalue weighted by Crippen LogP contribution is 2.08. The summed E-state index contributed by atoms with van der Waals surface area (Å²) in [5.41, 5.74) is 2.46. The van der Waals surface area contributed by atoms with Crippen molar-refractivity contribution in [2.75, 3.05) is 19.6 Å². The number of carbonyl (C=O) groups excluding carboxylic acids is 1. The summed E-state index contributed by atoms with van der Waals surface area (Å²) >= 11 is 0. The summed E-state index contributed by atoms with van der Waals surface area (Å²) in [7, 11) is 0. The molecule has 1 aliphatic heterocycles. The number of nitrogens with zero attached hydrogens (tertiary/aromatic N) is 1. The summed E-state index contributed by atoms with van der Waals surface area (Å²) in [4.78, 5) is 13.5. The molecule has 1 N–H and O–H groups in total. The average Bonchev–Trinajstić information content (AvgIpc) is 2.35. The normalized spacial score (nSPS) is 15.2. The molecule has 2 rings (SSSR count). The Balaban J connectivity index is 0.000000686. The van der Waals surface area contributed by atoms with Crippen LogP contribution in [0, 0.1) is 6.92 Å². The van der Waals surface area contributed by atoms with Crippen molar-refractivity contribution in [1.29, 1.82) is 0 Å². The molecule has 0 unspecified atom stereocenters. The SMILES string of the molecule is CC.Cc1cccc(CN2CCNCC2=O)c1. The van der Waals surface area contributed by atoms with Crippen LogP contribution in [0.2, 0.25) is 0 Å². The molecule has 0 saturated carbocycles. The Labute approximate surface area is 104 Å². The Bertz CT molecular complexity index is 363. The maximum Gasteiger partial charge on any atom is 0.236 e.